The highest BCUT2D eigenvalue weighted by molar-refractivity contribution is 6.03. The summed E-state index contributed by atoms with van der Waals surface area (Å²) < 4.78 is 14.7. The zero-order valence-corrected chi connectivity index (χ0v) is 13.6. The third-order valence-electron chi connectivity index (χ3n) is 3.61. The lowest BCUT2D eigenvalue weighted by Gasteiger charge is -2.14. The van der Waals surface area contributed by atoms with Crippen molar-refractivity contribution in [3.63, 3.8) is 0 Å². The molecule has 2 N–H and O–H groups in total. The molecule has 2 amide bonds. The van der Waals surface area contributed by atoms with E-state index in [1.165, 1.54) is 32.4 Å². The summed E-state index contributed by atoms with van der Waals surface area (Å²) in [4.78, 5) is 35.5. The molecule has 1 atom stereocenters. The zero-order valence-electron chi connectivity index (χ0n) is 13.6. The Bertz CT molecular complexity index is 625. The van der Waals surface area contributed by atoms with E-state index in [0.29, 0.717) is 13.2 Å². The summed E-state index contributed by atoms with van der Waals surface area (Å²) in [5, 5.41) is 5.23. The molecule has 0 saturated carbocycles. The average Bonchev–Trinajstić information content (AvgIpc) is 3.12. The number of esters is 2. The summed E-state index contributed by atoms with van der Waals surface area (Å²) in [6.45, 7) is 1.07. The molecule has 1 aromatic rings. The predicted molar refractivity (Wildman–Crippen MR) is 85.1 cm³/mol. The Kier molecular flexibility index (Phi) is 6.14. The number of carbonyl (C=O) groups is 3. The smallest absolute Gasteiger partial charge is 0.339 e. The van der Waals surface area contributed by atoms with Crippen LogP contribution in [0.3, 0.4) is 0 Å². The number of urea groups is 1. The van der Waals surface area contributed by atoms with Crippen LogP contribution in [0.1, 0.15) is 33.6 Å². The number of amides is 2. The minimum Gasteiger partial charge on any atom is -0.465 e. The van der Waals surface area contributed by atoms with Gasteiger partial charge < -0.3 is 24.8 Å². The normalized spacial score (nSPS) is 16.3. The molecule has 0 aliphatic carbocycles. The molecule has 8 nitrogen and oxygen atoms in total. The number of carbonyl (C=O) groups excluding carboxylic acids is 3. The van der Waals surface area contributed by atoms with Gasteiger partial charge in [0.15, 0.2) is 0 Å². The predicted octanol–water partition coefficient (Wildman–Crippen LogP) is 1.56. The largest absolute Gasteiger partial charge is 0.465 e. The van der Waals surface area contributed by atoms with Gasteiger partial charge >= 0.3 is 18.0 Å². The Morgan fingerprint density at radius 3 is 2.58 bits per heavy atom. The molecular weight excluding hydrogens is 316 g/mol. The summed E-state index contributed by atoms with van der Waals surface area (Å²) in [5.41, 5.74) is 0.506. The van der Waals surface area contributed by atoms with Crippen LogP contribution in [-0.4, -0.2) is 51.4 Å². The van der Waals surface area contributed by atoms with Gasteiger partial charge in [0.2, 0.25) is 0 Å². The highest BCUT2D eigenvalue weighted by Gasteiger charge is 2.19. The fourth-order valence-electron chi connectivity index (χ4n) is 2.36. The summed E-state index contributed by atoms with van der Waals surface area (Å²) in [6, 6.07) is 3.68. The Morgan fingerprint density at radius 1 is 1.21 bits per heavy atom. The van der Waals surface area contributed by atoms with E-state index in [1.807, 2.05) is 0 Å². The van der Waals surface area contributed by atoms with Crippen molar-refractivity contribution in [3.05, 3.63) is 29.3 Å². The highest BCUT2D eigenvalue weighted by atomic mass is 16.5. The quantitative estimate of drug-likeness (QED) is 0.791. The van der Waals surface area contributed by atoms with Gasteiger partial charge in [-0.15, -0.1) is 0 Å². The summed E-state index contributed by atoms with van der Waals surface area (Å²) in [5.74, 6) is -1.20. The lowest BCUT2D eigenvalue weighted by atomic mass is 10.1. The Morgan fingerprint density at radius 2 is 1.96 bits per heavy atom. The Hall–Kier alpha value is -2.61. The SMILES string of the molecule is COC(=O)c1ccc(C(=O)OC)c(NC(=O)NCC2CCCO2)c1. The summed E-state index contributed by atoms with van der Waals surface area (Å²) >= 11 is 0. The van der Waals surface area contributed by atoms with Crippen molar-refractivity contribution in [1.82, 2.24) is 5.32 Å². The number of hydrogen-bond acceptors (Lipinski definition) is 6. The lowest BCUT2D eigenvalue weighted by Crippen LogP contribution is -2.35. The van der Waals surface area contributed by atoms with E-state index < -0.39 is 18.0 Å². The molecule has 24 heavy (non-hydrogen) atoms. The van der Waals surface area contributed by atoms with Crippen molar-refractivity contribution in [2.75, 3.05) is 32.7 Å². The molecule has 1 saturated heterocycles. The van der Waals surface area contributed by atoms with E-state index in [2.05, 4.69) is 20.1 Å². The Balaban J connectivity index is 2.10. The van der Waals surface area contributed by atoms with Crippen molar-refractivity contribution in [2.24, 2.45) is 0 Å². The van der Waals surface area contributed by atoms with E-state index in [9.17, 15) is 14.4 Å². The molecule has 1 heterocycles. The molecule has 1 fully saturated rings. The van der Waals surface area contributed by atoms with E-state index in [0.717, 1.165) is 12.8 Å². The van der Waals surface area contributed by atoms with Crippen LogP contribution in [0.2, 0.25) is 0 Å². The number of methoxy groups -OCH3 is 2. The van der Waals surface area contributed by atoms with Crippen LogP contribution in [0.4, 0.5) is 10.5 Å². The van der Waals surface area contributed by atoms with Crippen LogP contribution in [-0.2, 0) is 14.2 Å². The number of anilines is 1. The van der Waals surface area contributed by atoms with Gasteiger partial charge in [0.25, 0.3) is 0 Å². The van der Waals surface area contributed by atoms with Crippen molar-refractivity contribution in [2.45, 2.75) is 18.9 Å². The first-order chi connectivity index (χ1) is 11.5. The maximum Gasteiger partial charge on any atom is 0.339 e. The maximum atomic E-state index is 12.0. The molecule has 1 unspecified atom stereocenters. The van der Waals surface area contributed by atoms with Crippen LogP contribution in [0, 0.1) is 0 Å². The second kappa shape index (κ2) is 8.30. The van der Waals surface area contributed by atoms with Crippen LogP contribution < -0.4 is 10.6 Å². The molecule has 8 heteroatoms. The second-order valence-corrected chi connectivity index (χ2v) is 5.21. The van der Waals surface area contributed by atoms with Crippen molar-refractivity contribution >= 4 is 23.7 Å². The first kappa shape index (κ1) is 17.7. The van der Waals surface area contributed by atoms with Gasteiger partial charge in [0, 0.05) is 13.2 Å². The molecule has 0 aromatic heterocycles. The van der Waals surface area contributed by atoms with Crippen LogP contribution in [0.25, 0.3) is 0 Å². The third-order valence-corrected chi connectivity index (χ3v) is 3.61. The number of benzene rings is 1. The van der Waals surface area contributed by atoms with E-state index in [4.69, 9.17) is 4.74 Å². The number of rotatable bonds is 5. The second-order valence-electron chi connectivity index (χ2n) is 5.21. The van der Waals surface area contributed by atoms with Gasteiger partial charge in [-0.05, 0) is 31.0 Å². The minimum absolute atomic E-state index is 0.00256. The molecule has 130 valence electrons. The molecule has 0 radical (unpaired) electrons. The van der Waals surface area contributed by atoms with Gasteiger partial charge in [0.1, 0.15) is 0 Å². The van der Waals surface area contributed by atoms with Crippen LogP contribution in [0.15, 0.2) is 18.2 Å². The average molecular weight is 336 g/mol. The number of hydrogen-bond donors (Lipinski definition) is 2. The third kappa shape index (κ3) is 4.45. The van der Waals surface area contributed by atoms with Crippen LogP contribution in [0.5, 0.6) is 0 Å². The minimum atomic E-state index is -0.624. The van der Waals surface area contributed by atoms with Crippen molar-refractivity contribution < 1.29 is 28.6 Å². The number of nitrogens with one attached hydrogen (secondary N) is 2. The van der Waals surface area contributed by atoms with E-state index >= 15 is 0 Å². The van der Waals surface area contributed by atoms with Crippen LogP contribution >= 0.6 is 0 Å². The molecule has 1 aliphatic heterocycles. The summed E-state index contributed by atoms with van der Waals surface area (Å²) in [7, 11) is 2.48. The molecule has 1 aliphatic rings. The number of ether oxygens (including phenoxy) is 3. The Labute approximate surface area is 139 Å². The summed E-state index contributed by atoms with van der Waals surface area (Å²) in [6.07, 6.45) is 1.87. The fourth-order valence-corrected chi connectivity index (χ4v) is 2.36. The van der Waals surface area contributed by atoms with E-state index in [-0.39, 0.29) is 22.9 Å². The first-order valence-corrected chi connectivity index (χ1v) is 7.52. The monoisotopic (exact) mass is 336 g/mol. The highest BCUT2D eigenvalue weighted by Crippen LogP contribution is 2.20. The van der Waals surface area contributed by atoms with Crippen molar-refractivity contribution in [1.29, 1.82) is 0 Å². The standard InChI is InChI=1S/C16H20N2O6/c1-22-14(19)10-5-6-12(15(20)23-2)13(8-10)18-16(21)17-9-11-4-3-7-24-11/h5-6,8,11H,3-4,7,9H2,1-2H3,(H2,17,18,21). The molecule has 2 rings (SSSR count). The first-order valence-electron chi connectivity index (χ1n) is 7.52. The molecule has 0 spiro atoms. The van der Waals surface area contributed by atoms with E-state index in [1.54, 1.807) is 0 Å². The van der Waals surface area contributed by atoms with Gasteiger partial charge in [0.05, 0.1) is 37.1 Å². The molecular formula is C16H20N2O6. The van der Waals surface area contributed by atoms with Crippen molar-refractivity contribution in [3.8, 4) is 0 Å². The zero-order chi connectivity index (χ0) is 17.5. The van der Waals surface area contributed by atoms with Gasteiger partial charge in [-0.1, -0.05) is 0 Å². The lowest BCUT2D eigenvalue weighted by molar-refractivity contribution is 0.0587. The molecule has 1 aromatic carbocycles. The molecule has 0 bridgehead atoms. The topological polar surface area (TPSA) is 103 Å². The maximum absolute atomic E-state index is 12.0. The fraction of sp³-hybridized carbons (Fsp3) is 0.438. The van der Waals surface area contributed by atoms with Gasteiger partial charge in [-0.2, -0.15) is 0 Å². The van der Waals surface area contributed by atoms with Gasteiger partial charge in [-0.25, -0.2) is 14.4 Å². The van der Waals surface area contributed by atoms with Gasteiger partial charge in [-0.3, -0.25) is 0 Å².